The summed E-state index contributed by atoms with van der Waals surface area (Å²) in [4.78, 5) is 21.5. The maximum Gasteiger partial charge on any atom is 0.229 e. The fourth-order valence-electron chi connectivity index (χ4n) is 4.68. The first-order valence-electron chi connectivity index (χ1n) is 9.56. The molecule has 0 unspecified atom stereocenters. The van der Waals surface area contributed by atoms with Crippen LogP contribution in [0.4, 0.5) is 0 Å². The van der Waals surface area contributed by atoms with Gasteiger partial charge in [-0.25, -0.2) is 0 Å². The first-order chi connectivity index (χ1) is 12.7. The van der Waals surface area contributed by atoms with Gasteiger partial charge in [0.2, 0.25) is 5.91 Å². The lowest BCUT2D eigenvalue weighted by atomic mass is 9.67. The van der Waals surface area contributed by atoms with Crippen LogP contribution in [-0.4, -0.2) is 47.4 Å². The molecule has 1 atom stereocenters. The van der Waals surface area contributed by atoms with Gasteiger partial charge in [0.1, 0.15) is 0 Å². The normalized spacial score (nSPS) is 23.3. The molecular formula is C22H27N3O. The van der Waals surface area contributed by atoms with E-state index in [1.165, 1.54) is 11.1 Å². The molecular weight excluding hydrogens is 322 g/mol. The third-order valence-electron chi connectivity index (χ3n) is 6.13. The summed E-state index contributed by atoms with van der Waals surface area (Å²) in [5, 5.41) is 0. The van der Waals surface area contributed by atoms with E-state index < -0.39 is 0 Å². The van der Waals surface area contributed by atoms with Gasteiger partial charge in [-0.1, -0.05) is 36.4 Å². The van der Waals surface area contributed by atoms with Gasteiger partial charge in [0.25, 0.3) is 0 Å². The number of carbonyl (C=O) groups excluding carboxylic acids is 1. The molecule has 1 aromatic carbocycles. The summed E-state index contributed by atoms with van der Waals surface area (Å²) >= 11 is 0. The number of nitrogens with zero attached hydrogens (tertiary/aromatic N) is 3. The lowest BCUT2D eigenvalue weighted by Crippen LogP contribution is -2.52. The summed E-state index contributed by atoms with van der Waals surface area (Å²) < 4.78 is 0. The van der Waals surface area contributed by atoms with Gasteiger partial charge < -0.3 is 4.90 Å². The molecule has 1 amide bonds. The molecule has 0 radical (unpaired) electrons. The van der Waals surface area contributed by atoms with Gasteiger partial charge in [-0.05, 0) is 55.0 Å². The number of carbonyl (C=O) groups is 1. The third-order valence-corrected chi connectivity index (χ3v) is 6.13. The van der Waals surface area contributed by atoms with Crippen LogP contribution in [0.25, 0.3) is 0 Å². The molecule has 4 nitrogen and oxygen atoms in total. The Morgan fingerprint density at radius 2 is 1.88 bits per heavy atom. The monoisotopic (exact) mass is 349 g/mol. The van der Waals surface area contributed by atoms with E-state index in [1.54, 1.807) is 0 Å². The number of rotatable bonds is 3. The van der Waals surface area contributed by atoms with Crippen molar-refractivity contribution in [3.8, 4) is 0 Å². The molecule has 1 aromatic heterocycles. The zero-order valence-electron chi connectivity index (χ0n) is 15.5. The quantitative estimate of drug-likeness (QED) is 0.853. The van der Waals surface area contributed by atoms with E-state index in [0.29, 0.717) is 0 Å². The summed E-state index contributed by atoms with van der Waals surface area (Å²) in [6.07, 6.45) is 7.10. The second-order valence-corrected chi connectivity index (χ2v) is 8.00. The number of hydrogen-bond acceptors (Lipinski definition) is 3. The summed E-state index contributed by atoms with van der Waals surface area (Å²) in [6, 6.07) is 14.5. The number of pyridine rings is 1. The predicted octanol–water partition coefficient (Wildman–Crippen LogP) is 3.31. The molecule has 4 heteroatoms. The van der Waals surface area contributed by atoms with Crippen LogP contribution in [0.3, 0.4) is 0 Å². The summed E-state index contributed by atoms with van der Waals surface area (Å²) in [5.41, 5.74) is 2.71. The maximum absolute atomic E-state index is 12.8. The highest BCUT2D eigenvalue weighted by atomic mass is 16.2. The highest BCUT2D eigenvalue weighted by Gasteiger charge is 2.44. The van der Waals surface area contributed by atoms with E-state index in [9.17, 15) is 4.79 Å². The van der Waals surface area contributed by atoms with E-state index in [1.807, 2.05) is 48.6 Å². The zero-order valence-corrected chi connectivity index (χ0v) is 15.5. The van der Waals surface area contributed by atoms with Crippen molar-refractivity contribution in [1.82, 2.24) is 14.8 Å². The standard InChI is InChI=1S/C22H27N3O/c1-24-17-22(14-20(21(24)26)19-7-3-2-4-8-19)9-12-25(13-10-22)16-18-6-5-11-23-15-18/h2-8,11,15,20H,9-10,12-14,16-17H2,1H3/t20-/m1/s1. The Morgan fingerprint density at radius 3 is 2.58 bits per heavy atom. The fraction of sp³-hybridized carbons (Fsp3) is 0.455. The Bertz CT molecular complexity index is 738. The summed E-state index contributed by atoms with van der Waals surface area (Å²) in [7, 11) is 1.97. The second kappa shape index (κ2) is 7.20. The number of aromatic nitrogens is 1. The Kier molecular flexibility index (Phi) is 4.77. The molecule has 3 heterocycles. The molecule has 2 aliphatic heterocycles. The van der Waals surface area contributed by atoms with Crippen molar-refractivity contribution in [1.29, 1.82) is 0 Å². The molecule has 2 fully saturated rings. The lowest BCUT2D eigenvalue weighted by molar-refractivity contribution is -0.139. The van der Waals surface area contributed by atoms with E-state index in [4.69, 9.17) is 0 Å². The first kappa shape index (κ1) is 17.2. The topological polar surface area (TPSA) is 36.4 Å². The molecule has 26 heavy (non-hydrogen) atoms. The van der Waals surface area contributed by atoms with Gasteiger partial charge in [-0.2, -0.15) is 0 Å². The van der Waals surface area contributed by atoms with Crippen LogP contribution < -0.4 is 0 Å². The van der Waals surface area contributed by atoms with Crippen LogP contribution in [0.15, 0.2) is 54.9 Å². The lowest BCUT2D eigenvalue weighted by Gasteiger charge is -2.49. The van der Waals surface area contributed by atoms with Gasteiger partial charge in [0.05, 0.1) is 5.92 Å². The minimum atomic E-state index is 0.0137. The van der Waals surface area contributed by atoms with Gasteiger partial charge in [-0.15, -0.1) is 0 Å². The molecule has 2 aliphatic rings. The van der Waals surface area contributed by atoms with E-state index in [2.05, 4.69) is 28.1 Å². The highest BCUT2D eigenvalue weighted by molar-refractivity contribution is 5.84. The molecule has 0 bridgehead atoms. The molecule has 0 aliphatic carbocycles. The SMILES string of the molecule is CN1CC2(CCN(Cc3cccnc3)CC2)C[C@H](c2ccccc2)C1=O. The van der Waals surface area contributed by atoms with Crippen LogP contribution in [0.5, 0.6) is 0 Å². The van der Waals surface area contributed by atoms with E-state index in [0.717, 1.165) is 45.4 Å². The van der Waals surface area contributed by atoms with E-state index >= 15 is 0 Å². The van der Waals surface area contributed by atoms with Crippen molar-refractivity contribution in [2.45, 2.75) is 31.7 Å². The van der Waals surface area contributed by atoms with Gasteiger partial charge >= 0.3 is 0 Å². The van der Waals surface area contributed by atoms with Crippen molar-refractivity contribution in [2.24, 2.45) is 5.41 Å². The maximum atomic E-state index is 12.8. The first-order valence-corrected chi connectivity index (χ1v) is 9.56. The summed E-state index contributed by atoms with van der Waals surface area (Å²) in [5.74, 6) is 0.291. The van der Waals surface area contributed by atoms with Gasteiger partial charge in [0.15, 0.2) is 0 Å². The number of hydrogen-bond donors (Lipinski definition) is 0. The van der Waals surface area contributed by atoms with Gasteiger partial charge in [-0.3, -0.25) is 14.7 Å². The Balaban J connectivity index is 1.45. The van der Waals surface area contributed by atoms with Gasteiger partial charge in [0, 0.05) is 32.5 Å². The molecule has 2 aromatic rings. The number of likely N-dealkylation sites (N-methyl/N-ethyl adjacent to an activating group) is 1. The molecule has 4 rings (SSSR count). The van der Waals surface area contributed by atoms with Crippen LogP contribution in [0.2, 0.25) is 0 Å². The van der Waals surface area contributed by atoms with Crippen LogP contribution in [0.1, 0.15) is 36.3 Å². The predicted molar refractivity (Wildman–Crippen MR) is 103 cm³/mol. The average molecular weight is 349 g/mol. The van der Waals surface area contributed by atoms with Crippen LogP contribution >= 0.6 is 0 Å². The molecule has 136 valence electrons. The average Bonchev–Trinajstić information content (AvgIpc) is 2.68. The highest BCUT2D eigenvalue weighted by Crippen LogP contribution is 2.45. The van der Waals surface area contributed by atoms with Crippen molar-refractivity contribution < 1.29 is 4.79 Å². The van der Waals surface area contributed by atoms with Crippen molar-refractivity contribution >= 4 is 5.91 Å². The fourth-order valence-corrected chi connectivity index (χ4v) is 4.68. The minimum Gasteiger partial charge on any atom is -0.345 e. The Morgan fingerprint density at radius 1 is 1.12 bits per heavy atom. The van der Waals surface area contributed by atoms with Crippen LogP contribution in [0, 0.1) is 5.41 Å². The van der Waals surface area contributed by atoms with E-state index in [-0.39, 0.29) is 17.2 Å². The zero-order chi connectivity index (χ0) is 18.0. The molecule has 0 saturated carbocycles. The van der Waals surface area contributed by atoms with Crippen LogP contribution in [-0.2, 0) is 11.3 Å². The van der Waals surface area contributed by atoms with Crippen molar-refractivity contribution in [3.63, 3.8) is 0 Å². The number of likely N-dealkylation sites (tertiary alicyclic amines) is 2. The molecule has 0 N–H and O–H groups in total. The Labute approximate surface area is 155 Å². The smallest absolute Gasteiger partial charge is 0.229 e. The minimum absolute atomic E-state index is 0.0137. The summed E-state index contributed by atoms with van der Waals surface area (Å²) in [6.45, 7) is 4.06. The number of piperidine rings is 2. The number of benzene rings is 1. The second-order valence-electron chi connectivity index (χ2n) is 8.00. The largest absolute Gasteiger partial charge is 0.345 e. The molecule has 1 spiro atoms. The van der Waals surface area contributed by atoms with Crippen molar-refractivity contribution in [2.75, 3.05) is 26.7 Å². The molecule has 2 saturated heterocycles. The van der Waals surface area contributed by atoms with Crippen molar-refractivity contribution in [3.05, 3.63) is 66.0 Å². The number of amides is 1. The third kappa shape index (κ3) is 3.51. The Hall–Kier alpha value is -2.20.